The van der Waals surface area contributed by atoms with Gasteiger partial charge in [0.1, 0.15) is 16.8 Å². The molecule has 1 aromatic heterocycles. The Morgan fingerprint density at radius 1 is 1.10 bits per heavy atom. The van der Waals surface area contributed by atoms with Crippen LogP contribution in [-0.4, -0.2) is 35.2 Å². The number of amides is 2. The maximum Gasteiger partial charge on any atom is 0.249 e. The number of aromatic nitrogens is 2. The number of hydrogen-bond acceptors (Lipinski definition) is 6. The van der Waals surface area contributed by atoms with Crippen molar-refractivity contribution in [2.75, 3.05) is 12.4 Å². The molecule has 0 spiro atoms. The molecule has 1 aromatic carbocycles. The summed E-state index contributed by atoms with van der Waals surface area (Å²) in [5.41, 5.74) is 0.898. The van der Waals surface area contributed by atoms with E-state index in [1.807, 2.05) is 38.1 Å². The van der Waals surface area contributed by atoms with Crippen LogP contribution < -0.4 is 15.4 Å². The zero-order valence-electron chi connectivity index (χ0n) is 17.1. The van der Waals surface area contributed by atoms with Crippen LogP contribution in [0.2, 0.25) is 0 Å². The van der Waals surface area contributed by atoms with E-state index in [0.29, 0.717) is 10.1 Å². The molecule has 156 valence electrons. The van der Waals surface area contributed by atoms with Crippen LogP contribution in [-0.2, 0) is 9.59 Å². The number of nitrogens with zero attached hydrogens (tertiary/aromatic N) is 2. The first-order valence-electron chi connectivity index (χ1n) is 10.1. The molecule has 0 radical (unpaired) electrons. The Hall–Kier alpha value is -2.48. The zero-order valence-corrected chi connectivity index (χ0v) is 17.9. The Morgan fingerprint density at radius 3 is 2.41 bits per heavy atom. The van der Waals surface area contributed by atoms with Crippen molar-refractivity contribution in [3.05, 3.63) is 24.3 Å². The highest BCUT2D eigenvalue weighted by molar-refractivity contribution is 7.18. The smallest absolute Gasteiger partial charge is 0.249 e. The van der Waals surface area contributed by atoms with Crippen molar-refractivity contribution < 1.29 is 14.3 Å². The summed E-state index contributed by atoms with van der Waals surface area (Å²) in [6.07, 6.45) is 5.15. The van der Waals surface area contributed by atoms with Gasteiger partial charge in [-0.05, 0) is 43.0 Å². The summed E-state index contributed by atoms with van der Waals surface area (Å²) in [6, 6.07) is 6.89. The minimum Gasteiger partial charge on any atom is -0.497 e. The topological polar surface area (TPSA) is 93.2 Å². The number of ether oxygens (including phenoxy) is 1. The quantitative estimate of drug-likeness (QED) is 0.715. The summed E-state index contributed by atoms with van der Waals surface area (Å²) in [4.78, 5) is 25.4. The third-order valence-corrected chi connectivity index (χ3v) is 6.10. The van der Waals surface area contributed by atoms with E-state index in [-0.39, 0.29) is 23.7 Å². The number of carbonyl (C=O) groups excluding carboxylic acids is 2. The molecule has 0 bridgehead atoms. The molecule has 2 aromatic rings. The third-order valence-electron chi connectivity index (χ3n) is 5.21. The van der Waals surface area contributed by atoms with Crippen molar-refractivity contribution in [1.82, 2.24) is 15.5 Å². The van der Waals surface area contributed by atoms with E-state index in [1.165, 1.54) is 17.8 Å². The lowest BCUT2D eigenvalue weighted by molar-refractivity contribution is -0.130. The number of carbonyl (C=O) groups is 2. The van der Waals surface area contributed by atoms with Crippen LogP contribution in [0.25, 0.3) is 10.6 Å². The van der Waals surface area contributed by atoms with E-state index < -0.39 is 6.04 Å². The van der Waals surface area contributed by atoms with E-state index in [0.717, 1.165) is 37.0 Å². The first-order valence-corrected chi connectivity index (χ1v) is 10.9. The van der Waals surface area contributed by atoms with Crippen molar-refractivity contribution in [3.8, 4) is 16.3 Å². The van der Waals surface area contributed by atoms with E-state index >= 15 is 0 Å². The van der Waals surface area contributed by atoms with Gasteiger partial charge < -0.3 is 10.1 Å². The minimum atomic E-state index is -0.599. The molecule has 1 aliphatic carbocycles. The van der Waals surface area contributed by atoms with Gasteiger partial charge in [0.2, 0.25) is 16.9 Å². The van der Waals surface area contributed by atoms with Crippen LogP contribution in [0, 0.1) is 11.8 Å². The number of methoxy groups -OCH3 is 1. The number of rotatable bonds is 7. The monoisotopic (exact) mass is 416 g/mol. The molecule has 0 unspecified atom stereocenters. The molecular weight excluding hydrogens is 388 g/mol. The number of anilines is 1. The highest BCUT2D eigenvalue weighted by atomic mass is 32.1. The molecule has 0 saturated heterocycles. The highest BCUT2D eigenvalue weighted by Crippen LogP contribution is 2.28. The van der Waals surface area contributed by atoms with Crippen molar-refractivity contribution in [1.29, 1.82) is 0 Å². The van der Waals surface area contributed by atoms with Gasteiger partial charge >= 0.3 is 0 Å². The molecule has 0 aliphatic heterocycles. The summed E-state index contributed by atoms with van der Waals surface area (Å²) < 4.78 is 5.16. The summed E-state index contributed by atoms with van der Waals surface area (Å²) in [5, 5.41) is 15.1. The predicted octanol–water partition coefficient (Wildman–Crippen LogP) is 3.87. The molecule has 3 rings (SSSR count). The van der Waals surface area contributed by atoms with Crippen molar-refractivity contribution in [2.45, 2.75) is 52.0 Å². The van der Waals surface area contributed by atoms with Crippen molar-refractivity contribution >= 4 is 28.3 Å². The highest BCUT2D eigenvalue weighted by Gasteiger charge is 2.29. The second kappa shape index (κ2) is 9.82. The molecule has 1 fully saturated rings. The SMILES string of the molecule is COc1ccc(-c2nnc(NC(=O)[C@H](NC(=O)C3CCCCC3)C(C)C)s2)cc1. The van der Waals surface area contributed by atoms with Crippen LogP contribution in [0.3, 0.4) is 0 Å². The average molecular weight is 417 g/mol. The number of benzene rings is 1. The standard InChI is InChI=1S/C21H28N4O3S/c1-13(2)17(22-18(26)14-7-5-4-6-8-14)19(27)23-21-25-24-20(29-21)15-9-11-16(28-3)12-10-15/h9-14,17H,4-8H2,1-3H3,(H,22,26)(H,23,25,27)/t17-/m1/s1. The first kappa shape index (κ1) is 21.2. The lowest BCUT2D eigenvalue weighted by Crippen LogP contribution is -2.49. The Kier molecular flexibility index (Phi) is 7.19. The Balaban J connectivity index is 1.63. The number of hydrogen-bond donors (Lipinski definition) is 2. The normalized spacial score (nSPS) is 15.7. The van der Waals surface area contributed by atoms with E-state index in [1.54, 1.807) is 7.11 Å². The molecule has 8 heteroatoms. The summed E-state index contributed by atoms with van der Waals surface area (Å²) in [7, 11) is 1.62. The molecule has 2 N–H and O–H groups in total. The Labute approximate surface area is 175 Å². The Bertz CT molecular complexity index is 829. The maximum absolute atomic E-state index is 12.8. The predicted molar refractivity (Wildman–Crippen MR) is 114 cm³/mol. The van der Waals surface area contributed by atoms with Crippen LogP contribution >= 0.6 is 11.3 Å². The van der Waals surface area contributed by atoms with E-state index in [9.17, 15) is 9.59 Å². The second-order valence-electron chi connectivity index (χ2n) is 7.70. The molecule has 2 amide bonds. The van der Waals surface area contributed by atoms with Gasteiger partial charge in [-0.25, -0.2) is 0 Å². The van der Waals surface area contributed by atoms with E-state index in [2.05, 4.69) is 20.8 Å². The largest absolute Gasteiger partial charge is 0.497 e. The molecule has 29 heavy (non-hydrogen) atoms. The fourth-order valence-electron chi connectivity index (χ4n) is 3.48. The van der Waals surface area contributed by atoms with Gasteiger partial charge in [0.25, 0.3) is 0 Å². The van der Waals surface area contributed by atoms with Crippen LogP contribution in [0.5, 0.6) is 5.75 Å². The van der Waals surface area contributed by atoms with Crippen molar-refractivity contribution in [2.24, 2.45) is 11.8 Å². The first-order chi connectivity index (χ1) is 14.0. The zero-order chi connectivity index (χ0) is 20.8. The van der Waals surface area contributed by atoms with E-state index in [4.69, 9.17) is 4.74 Å². The van der Waals surface area contributed by atoms with Crippen LogP contribution in [0.15, 0.2) is 24.3 Å². The van der Waals surface area contributed by atoms with Crippen molar-refractivity contribution in [3.63, 3.8) is 0 Å². The lowest BCUT2D eigenvalue weighted by Gasteiger charge is -2.26. The van der Waals surface area contributed by atoms with Crippen LogP contribution in [0.1, 0.15) is 46.0 Å². The maximum atomic E-state index is 12.8. The van der Waals surface area contributed by atoms with Gasteiger partial charge in [-0.15, -0.1) is 10.2 Å². The molecule has 7 nitrogen and oxygen atoms in total. The van der Waals surface area contributed by atoms with Gasteiger partial charge in [0.05, 0.1) is 7.11 Å². The molecule has 1 heterocycles. The van der Waals surface area contributed by atoms with Gasteiger partial charge in [-0.2, -0.15) is 0 Å². The van der Waals surface area contributed by atoms with Gasteiger partial charge in [0, 0.05) is 11.5 Å². The van der Waals surface area contributed by atoms with Crippen LogP contribution in [0.4, 0.5) is 5.13 Å². The third kappa shape index (κ3) is 5.53. The summed E-state index contributed by atoms with van der Waals surface area (Å²) in [5.74, 6) is 0.467. The summed E-state index contributed by atoms with van der Waals surface area (Å²) >= 11 is 1.30. The van der Waals surface area contributed by atoms with Gasteiger partial charge in [-0.3, -0.25) is 14.9 Å². The molecule has 1 aliphatic rings. The fourth-order valence-corrected chi connectivity index (χ4v) is 4.23. The summed E-state index contributed by atoms with van der Waals surface area (Å²) in [6.45, 7) is 3.85. The molecule has 1 saturated carbocycles. The van der Waals surface area contributed by atoms with Gasteiger partial charge in [-0.1, -0.05) is 44.4 Å². The lowest BCUT2D eigenvalue weighted by atomic mass is 9.88. The minimum absolute atomic E-state index is 0.0148. The number of nitrogens with one attached hydrogen (secondary N) is 2. The molecule has 1 atom stereocenters. The fraction of sp³-hybridized carbons (Fsp3) is 0.524. The average Bonchev–Trinajstić information content (AvgIpc) is 3.20. The second-order valence-corrected chi connectivity index (χ2v) is 8.67. The van der Waals surface area contributed by atoms with Gasteiger partial charge in [0.15, 0.2) is 0 Å². The Morgan fingerprint density at radius 2 is 1.79 bits per heavy atom. The molecular formula is C21H28N4O3S.